The highest BCUT2D eigenvalue weighted by Crippen LogP contribution is 2.37. The van der Waals surface area contributed by atoms with Gasteiger partial charge in [-0.15, -0.1) is 0 Å². The van der Waals surface area contributed by atoms with E-state index in [9.17, 15) is 9.59 Å². The number of nitrogens with one attached hydrogen (secondary N) is 1. The number of para-hydroxylation sites is 1. The Kier molecular flexibility index (Phi) is 4.77. The van der Waals surface area contributed by atoms with Crippen molar-refractivity contribution in [2.24, 2.45) is 0 Å². The monoisotopic (exact) mass is 393 g/mol. The number of aryl methyl sites for hydroxylation is 1. The van der Waals surface area contributed by atoms with Crippen LogP contribution in [0.25, 0.3) is 11.3 Å². The van der Waals surface area contributed by atoms with Crippen molar-refractivity contribution in [2.75, 3.05) is 11.2 Å². The average Bonchev–Trinajstić information content (AvgIpc) is 2.72. The number of carbonyl (C=O) groups is 1. The van der Waals surface area contributed by atoms with E-state index in [0.29, 0.717) is 22.8 Å². The van der Waals surface area contributed by atoms with E-state index in [0.717, 1.165) is 16.8 Å². The molecule has 1 atom stereocenters. The molecule has 1 aromatic heterocycles. The molecule has 1 N–H and O–H groups in total. The number of benzene rings is 2. The quantitative estimate of drug-likeness (QED) is 0.548. The fourth-order valence-electron chi connectivity index (χ4n) is 3.54. The smallest absolute Gasteiger partial charge is 0.291 e. The number of hydrogen-bond acceptors (Lipinski definition) is 4. The molecule has 0 aliphatic carbocycles. The lowest BCUT2D eigenvalue weighted by Gasteiger charge is -2.32. The summed E-state index contributed by atoms with van der Waals surface area (Å²) in [6.45, 7) is 3.86. The molecule has 0 saturated heterocycles. The molecule has 6 nitrogen and oxygen atoms in total. The molecule has 1 amide bonds. The zero-order valence-electron chi connectivity index (χ0n) is 16.0. The van der Waals surface area contributed by atoms with Gasteiger partial charge >= 0.3 is 11.3 Å². The Balaban J connectivity index is 2.08. The van der Waals surface area contributed by atoms with E-state index >= 15 is 0 Å². The van der Waals surface area contributed by atoms with Gasteiger partial charge in [-0.1, -0.05) is 48.5 Å². The largest absolute Gasteiger partial charge is 0.325 e. The van der Waals surface area contributed by atoms with Crippen LogP contribution in [-0.4, -0.2) is 22.2 Å². The highest BCUT2D eigenvalue weighted by molar-refractivity contribution is 7.98. The molecule has 0 unspecified atom stereocenters. The molecule has 1 aliphatic rings. The highest BCUT2D eigenvalue weighted by Gasteiger charge is 2.45. The predicted octanol–water partition coefficient (Wildman–Crippen LogP) is 3.06. The number of fused-ring (bicyclic) bond motifs is 3. The van der Waals surface area contributed by atoms with Gasteiger partial charge in [0.25, 0.3) is 6.17 Å². The lowest BCUT2D eigenvalue weighted by Crippen LogP contribution is -2.60. The Labute approximate surface area is 167 Å². The van der Waals surface area contributed by atoms with Gasteiger partial charge in [0.2, 0.25) is 11.1 Å². The van der Waals surface area contributed by atoms with Gasteiger partial charge in [0.15, 0.2) is 0 Å². The van der Waals surface area contributed by atoms with Crippen LogP contribution in [0.2, 0.25) is 0 Å². The van der Waals surface area contributed by atoms with Crippen LogP contribution in [0.1, 0.15) is 30.6 Å². The first-order valence-corrected chi connectivity index (χ1v) is 10.4. The topological polar surface area (TPSA) is 69.9 Å². The van der Waals surface area contributed by atoms with Crippen molar-refractivity contribution >= 4 is 23.4 Å². The zero-order chi connectivity index (χ0) is 19.8. The third-order valence-corrected chi connectivity index (χ3v) is 5.47. The number of nitrogens with zero attached hydrogens (tertiary/aromatic N) is 3. The minimum Gasteiger partial charge on any atom is -0.291 e. The van der Waals surface area contributed by atoms with E-state index in [1.807, 2.05) is 68.6 Å². The van der Waals surface area contributed by atoms with Gasteiger partial charge in [-0.25, -0.2) is 4.90 Å². The molecule has 4 rings (SSSR count). The van der Waals surface area contributed by atoms with Crippen LogP contribution in [0, 0.1) is 6.92 Å². The molecule has 0 bridgehead atoms. The zero-order valence-corrected chi connectivity index (χ0v) is 16.8. The Morgan fingerprint density at radius 2 is 1.93 bits per heavy atom. The average molecular weight is 393 g/mol. The lowest BCUT2D eigenvalue weighted by molar-refractivity contribution is -0.763. The van der Waals surface area contributed by atoms with Crippen molar-refractivity contribution < 1.29 is 9.48 Å². The standard InChI is InChI=1S/C21H20N4O2S/c1-4-17(26)24-16-8-6-5-7-15(16)18-19(27)22-21(28-3)23-25(18)20(24)14-11-9-13(2)10-12-14/h5-12,20H,4H2,1-3H3/p+1/t20-/m1/s1. The molecule has 7 heteroatoms. The summed E-state index contributed by atoms with van der Waals surface area (Å²) in [5.41, 5.74) is 3.70. The van der Waals surface area contributed by atoms with Gasteiger partial charge < -0.3 is 0 Å². The number of hydrogen-bond donors (Lipinski definition) is 1. The number of thioether (sulfide) groups is 1. The summed E-state index contributed by atoms with van der Waals surface area (Å²) in [7, 11) is 0. The fourth-order valence-corrected chi connectivity index (χ4v) is 3.91. The Hall–Kier alpha value is -2.93. The lowest BCUT2D eigenvalue weighted by atomic mass is 10.0. The summed E-state index contributed by atoms with van der Waals surface area (Å²) in [6, 6.07) is 15.5. The summed E-state index contributed by atoms with van der Waals surface area (Å²) in [4.78, 5) is 30.6. The van der Waals surface area contributed by atoms with Crippen molar-refractivity contribution in [3.05, 3.63) is 70.0 Å². The van der Waals surface area contributed by atoms with E-state index in [-0.39, 0.29) is 11.5 Å². The molecular formula is C21H21N4O2S+. The summed E-state index contributed by atoms with van der Waals surface area (Å²) >= 11 is 1.36. The minimum absolute atomic E-state index is 0.0241. The van der Waals surface area contributed by atoms with Gasteiger partial charge in [0.1, 0.15) is 0 Å². The number of aromatic amines is 1. The van der Waals surface area contributed by atoms with Gasteiger partial charge in [-0.3, -0.25) is 14.6 Å². The molecule has 0 radical (unpaired) electrons. The van der Waals surface area contributed by atoms with Crippen LogP contribution >= 0.6 is 11.8 Å². The molecule has 3 aromatic rings. The molecule has 0 fully saturated rings. The molecule has 2 aromatic carbocycles. The number of aromatic nitrogens is 3. The maximum atomic E-state index is 13.0. The second-order valence-electron chi connectivity index (χ2n) is 6.68. The van der Waals surface area contributed by atoms with E-state index in [1.165, 1.54) is 11.8 Å². The van der Waals surface area contributed by atoms with Crippen LogP contribution in [0.4, 0.5) is 5.69 Å². The SMILES string of the molecule is CCC(=O)N1c2ccccc2-c2c(=O)[nH]c(SC)n[n+]2[C@@H]1c1ccc(C)cc1. The molecular weight excluding hydrogens is 372 g/mol. The first-order chi connectivity index (χ1) is 13.5. The number of amides is 1. The van der Waals surface area contributed by atoms with Gasteiger partial charge in [0.05, 0.1) is 11.3 Å². The summed E-state index contributed by atoms with van der Waals surface area (Å²) in [6.07, 6.45) is 1.69. The van der Waals surface area contributed by atoms with Crippen LogP contribution in [0.15, 0.2) is 58.5 Å². The highest BCUT2D eigenvalue weighted by atomic mass is 32.2. The van der Waals surface area contributed by atoms with Crippen molar-refractivity contribution in [1.29, 1.82) is 0 Å². The first-order valence-electron chi connectivity index (χ1n) is 9.13. The number of anilines is 1. The summed E-state index contributed by atoms with van der Waals surface area (Å²) in [5, 5.41) is 5.18. The Morgan fingerprint density at radius 3 is 2.61 bits per heavy atom. The predicted molar refractivity (Wildman–Crippen MR) is 109 cm³/mol. The van der Waals surface area contributed by atoms with Crippen LogP contribution in [0.5, 0.6) is 0 Å². The Bertz CT molecular complexity index is 1110. The second-order valence-corrected chi connectivity index (χ2v) is 7.47. The molecule has 1 aliphatic heterocycles. The number of H-pyrrole nitrogens is 1. The van der Waals surface area contributed by atoms with Crippen molar-refractivity contribution in [3.63, 3.8) is 0 Å². The van der Waals surface area contributed by atoms with E-state index < -0.39 is 6.17 Å². The van der Waals surface area contributed by atoms with E-state index in [4.69, 9.17) is 0 Å². The maximum absolute atomic E-state index is 13.0. The molecule has 0 spiro atoms. The van der Waals surface area contributed by atoms with Crippen molar-refractivity contribution in [2.45, 2.75) is 31.6 Å². The normalized spacial score (nSPS) is 15.1. The third-order valence-electron chi connectivity index (χ3n) is 4.90. The molecule has 0 saturated carbocycles. The van der Waals surface area contributed by atoms with E-state index in [2.05, 4.69) is 10.1 Å². The maximum Gasteiger partial charge on any atom is 0.325 e. The molecule has 28 heavy (non-hydrogen) atoms. The molecule has 2 heterocycles. The number of rotatable bonds is 3. The minimum atomic E-state index is -0.522. The van der Waals surface area contributed by atoms with Crippen LogP contribution in [-0.2, 0) is 4.79 Å². The third kappa shape index (κ3) is 2.92. The first kappa shape index (κ1) is 18.4. The van der Waals surface area contributed by atoms with Gasteiger partial charge in [0, 0.05) is 17.1 Å². The number of carbonyl (C=O) groups excluding carboxylic acids is 1. The van der Waals surface area contributed by atoms with Crippen molar-refractivity contribution in [1.82, 2.24) is 10.1 Å². The molecule has 142 valence electrons. The fraction of sp³-hybridized carbons (Fsp3) is 0.238. The van der Waals surface area contributed by atoms with Gasteiger partial charge in [-0.05, 0) is 42.1 Å². The van der Waals surface area contributed by atoms with Crippen LogP contribution < -0.4 is 15.1 Å². The van der Waals surface area contributed by atoms with Crippen LogP contribution in [0.3, 0.4) is 0 Å². The van der Waals surface area contributed by atoms with E-state index in [1.54, 1.807) is 9.58 Å². The second kappa shape index (κ2) is 7.24. The summed E-state index contributed by atoms with van der Waals surface area (Å²) in [5.74, 6) is -0.0241. The Morgan fingerprint density at radius 1 is 1.21 bits per heavy atom. The van der Waals surface area contributed by atoms with Crippen molar-refractivity contribution in [3.8, 4) is 11.3 Å². The van der Waals surface area contributed by atoms with Gasteiger partial charge in [-0.2, -0.15) is 0 Å². The summed E-state index contributed by atoms with van der Waals surface area (Å²) < 4.78 is 1.69.